The van der Waals surface area contributed by atoms with Gasteiger partial charge >= 0.3 is 0 Å². The van der Waals surface area contributed by atoms with Crippen molar-refractivity contribution in [3.63, 3.8) is 0 Å². The molecule has 0 aliphatic rings. The zero-order valence-corrected chi connectivity index (χ0v) is 17.9. The van der Waals surface area contributed by atoms with Crippen molar-refractivity contribution in [2.75, 3.05) is 26.8 Å². The number of halogens is 1. The summed E-state index contributed by atoms with van der Waals surface area (Å²) in [4.78, 5) is 9.71. The van der Waals surface area contributed by atoms with E-state index in [4.69, 9.17) is 9.15 Å². The van der Waals surface area contributed by atoms with Crippen molar-refractivity contribution in [1.82, 2.24) is 15.6 Å². The van der Waals surface area contributed by atoms with Crippen LogP contribution in [0.4, 0.5) is 0 Å². The highest BCUT2D eigenvalue weighted by Gasteiger charge is 2.07. The van der Waals surface area contributed by atoms with E-state index in [1.54, 1.807) is 24.6 Å². The molecule has 0 amide bonds. The number of thiophene rings is 1. The van der Waals surface area contributed by atoms with Gasteiger partial charge in [0.1, 0.15) is 6.26 Å². The highest BCUT2D eigenvalue weighted by Crippen LogP contribution is 2.23. The summed E-state index contributed by atoms with van der Waals surface area (Å²) in [6.07, 6.45) is 4.93. The minimum Gasteiger partial charge on any atom is -0.443 e. The Morgan fingerprint density at radius 3 is 2.88 bits per heavy atom. The Morgan fingerprint density at radius 2 is 2.16 bits per heavy atom. The van der Waals surface area contributed by atoms with Gasteiger partial charge in [-0.05, 0) is 24.3 Å². The number of guanidine groups is 1. The lowest BCUT2D eigenvalue weighted by Crippen LogP contribution is -2.37. The van der Waals surface area contributed by atoms with E-state index in [-0.39, 0.29) is 24.0 Å². The van der Waals surface area contributed by atoms with Crippen molar-refractivity contribution in [2.45, 2.75) is 32.7 Å². The maximum atomic E-state index is 5.54. The van der Waals surface area contributed by atoms with Crippen LogP contribution in [0.2, 0.25) is 0 Å². The molecule has 2 aromatic heterocycles. The molecule has 0 radical (unpaired) electrons. The Hall–Kier alpha value is -1.13. The number of aromatic nitrogens is 1. The number of hydrogen-bond acceptors (Lipinski definition) is 5. The monoisotopic (exact) mass is 478 g/mol. The molecule has 2 rings (SSSR count). The van der Waals surface area contributed by atoms with Crippen molar-refractivity contribution in [1.29, 1.82) is 0 Å². The Kier molecular flexibility index (Phi) is 11.5. The summed E-state index contributed by atoms with van der Waals surface area (Å²) in [7, 11) is 1.76. The van der Waals surface area contributed by atoms with Crippen LogP contribution in [0.5, 0.6) is 0 Å². The lowest BCUT2D eigenvalue weighted by molar-refractivity contribution is 0.129. The van der Waals surface area contributed by atoms with Crippen LogP contribution >= 0.6 is 35.3 Å². The second-order valence-corrected chi connectivity index (χ2v) is 6.24. The summed E-state index contributed by atoms with van der Waals surface area (Å²) < 4.78 is 11.0. The number of ether oxygens (including phenoxy) is 1. The maximum Gasteiger partial charge on any atom is 0.236 e. The normalized spacial score (nSPS) is 11.2. The topological polar surface area (TPSA) is 71.7 Å². The summed E-state index contributed by atoms with van der Waals surface area (Å²) in [5, 5.41) is 8.51. The van der Waals surface area contributed by atoms with Gasteiger partial charge in [-0.1, -0.05) is 19.4 Å². The molecule has 2 heterocycles. The van der Waals surface area contributed by atoms with Gasteiger partial charge in [0.2, 0.25) is 5.89 Å². The minimum absolute atomic E-state index is 0. The van der Waals surface area contributed by atoms with E-state index in [1.807, 2.05) is 17.5 Å². The van der Waals surface area contributed by atoms with E-state index < -0.39 is 0 Å². The summed E-state index contributed by atoms with van der Waals surface area (Å²) in [6.45, 7) is 5.19. The largest absolute Gasteiger partial charge is 0.443 e. The number of nitrogens with one attached hydrogen (secondary N) is 2. The third-order valence-electron chi connectivity index (χ3n) is 3.34. The van der Waals surface area contributed by atoms with Crippen LogP contribution in [-0.2, 0) is 11.3 Å². The smallest absolute Gasteiger partial charge is 0.236 e. The molecule has 8 heteroatoms. The van der Waals surface area contributed by atoms with Gasteiger partial charge in [0, 0.05) is 26.8 Å². The lowest BCUT2D eigenvalue weighted by atomic mass is 10.4. The molecule has 25 heavy (non-hydrogen) atoms. The fourth-order valence-electron chi connectivity index (χ4n) is 2.03. The van der Waals surface area contributed by atoms with E-state index in [9.17, 15) is 0 Å². The summed E-state index contributed by atoms with van der Waals surface area (Å²) in [6, 6.07) is 3.98. The average molecular weight is 478 g/mol. The van der Waals surface area contributed by atoms with Gasteiger partial charge in [0.05, 0.1) is 17.1 Å². The minimum atomic E-state index is 0. The highest BCUT2D eigenvalue weighted by atomic mass is 127. The molecule has 0 unspecified atom stereocenters. The highest BCUT2D eigenvalue weighted by molar-refractivity contribution is 14.0. The Labute approximate surface area is 170 Å². The standard InChI is InChI=1S/C17H26N4O2S.HI/c1-3-4-9-22-10-6-8-19-17(18-2)20-12-14-13-23-16(21-14)15-7-5-11-24-15;/h5,7,11,13H,3-4,6,8-10,12H2,1-2H3,(H2,18,19,20);1H. The Morgan fingerprint density at radius 1 is 1.32 bits per heavy atom. The number of nitrogens with zero attached hydrogens (tertiary/aromatic N) is 2. The zero-order chi connectivity index (χ0) is 17.0. The SMILES string of the molecule is CCCCOCCCNC(=NC)NCc1coc(-c2cccs2)n1.I. The van der Waals surface area contributed by atoms with Crippen LogP contribution in [0.25, 0.3) is 10.8 Å². The van der Waals surface area contributed by atoms with E-state index in [0.29, 0.717) is 12.4 Å². The third-order valence-corrected chi connectivity index (χ3v) is 4.20. The molecule has 0 saturated heterocycles. The number of hydrogen-bond donors (Lipinski definition) is 2. The van der Waals surface area contributed by atoms with Crippen molar-refractivity contribution in [2.24, 2.45) is 4.99 Å². The van der Waals surface area contributed by atoms with Gasteiger partial charge in [0.25, 0.3) is 0 Å². The predicted molar refractivity (Wildman–Crippen MR) is 114 cm³/mol. The summed E-state index contributed by atoms with van der Waals surface area (Å²) >= 11 is 1.61. The predicted octanol–water partition coefficient (Wildman–Crippen LogP) is 3.89. The second-order valence-electron chi connectivity index (χ2n) is 5.29. The molecular formula is C17H27IN4O2S. The molecule has 2 N–H and O–H groups in total. The number of oxazole rings is 1. The molecule has 0 aliphatic heterocycles. The summed E-state index contributed by atoms with van der Waals surface area (Å²) in [5.41, 5.74) is 0.851. The van der Waals surface area contributed by atoms with Crippen LogP contribution in [0.15, 0.2) is 33.2 Å². The zero-order valence-electron chi connectivity index (χ0n) is 14.8. The van der Waals surface area contributed by atoms with Crippen LogP contribution in [0.1, 0.15) is 31.9 Å². The quantitative estimate of drug-likeness (QED) is 0.235. The number of rotatable bonds is 10. The number of aliphatic imine (C=N–C) groups is 1. The van der Waals surface area contributed by atoms with Gasteiger partial charge in [-0.15, -0.1) is 35.3 Å². The van der Waals surface area contributed by atoms with E-state index in [1.165, 1.54) is 6.42 Å². The molecule has 0 saturated carbocycles. The van der Waals surface area contributed by atoms with Crippen LogP contribution in [-0.4, -0.2) is 37.7 Å². The first-order valence-electron chi connectivity index (χ1n) is 8.34. The third kappa shape index (κ3) is 8.19. The van der Waals surface area contributed by atoms with Crippen LogP contribution in [0.3, 0.4) is 0 Å². The Bertz CT molecular complexity index is 602. The van der Waals surface area contributed by atoms with Crippen LogP contribution < -0.4 is 10.6 Å². The van der Waals surface area contributed by atoms with E-state index in [0.717, 1.165) is 49.1 Å². The second kappa shape index (κ2) is 13.1. The molecular weight excluding hydrogens is 451 g/mol. The van der Waals surface area contributed by atoms with Gasteiger partial charge in [0.15, 0.2) is 5.96 Å². The number of unbranched alkanes of at least 4 members (excludes halogenated alkanes) is 1. The first kappa shape index (κ1) is 21.9. The van der Waals surface area contributed by atoms with Crippen molar-refractivity contribution in [3.05, 3.63) is 29.5 Å². The fraction of sp³-hybridized carbons (Fsp3) is 0.529. The molecule has 0 fully saturated rings. The Balaban J connectivity index is 0.00000312. The first-order valence-corrected chi connectivity index (χ1v) is 9.22. The van der Waals surface area contributed by atoms with Crippen molar-refractivity contribution >= 4 is 41.3 Å². The van der Waals surface area contributed by atoms with Crippen molar-refractivity contribution in [3.8, 4) is 10.8 Å². The molecule has 2 aromatic rings. The molecule has 0 aromatic carbocycles. The molecule has 140 valence electrons. The van der Waals surface area contributed by atoms with Gasteiger partial charge in [-0.2, -0.15) is 0 Å². The average Bonchev–Trinajstić information content (AvgIpc) is 3.28. The molecule has 6 nitrogen and oxygen atoms in total. The van der Waals surface area contributed by atoms with Gasteiger partial charge in [-0.25, -0.2) is 4.98 Å². The molecule has 0 spiro atoms. The van der Waals surface area contributed by atoms with Gasteiger partial charge < -0.3 is 19.8 Å². The fourth-order valence-corrected chi connectivity index (χ4v) is 2.68. The van der Waals surface area contributed by atoms with E-state index >= 15 is 0 Å². The lowest BCUT2D eigenvalue weighted by Gasteiger charge is -2.10. The molecule has 0 atom stereocenters. The van der Waals surface area contributed by atoms with Crippen LogP contribution in [0, 0.1) is 0 Å². The molecule has 0 aliphatic carbocycles. The van der Waals surface area contributed by atoms with Gasteiger partial charge in [-0.3, -0.25) is 4.99 Å². The first-order chi connectivity index (χ1) is 11.8. The van der Waals surface area contributed by atoms with Crippen molar-refractivity contribution < 1.29 is 9.15 Å². The summed E-state index contributed by atoms with van der Waals surface area (Å²) in [5.74, 6) is 1.42. The van der Waals surface area contributed by atoms with E-state index in [2.05, 4.69) is 27.5 Å². The molecule has 0 bridgehead atoms. The maximum absolute atomic E-state index is 5.54.